The molecule has 4 aromatic carbocycles. The van der Waals surface area contributed by atoms with E-state index in [1.165, 1.54) is 22.5 Å². The molecule has 0 aromatic heterocycles. The molecule has 0 spiro atoms. The van der Waals surface area contributed by atoms with E-state index in [0.717, 1.165) is 72.8 Å². The van der Waals surface area contributed by atoms with Crippen LogP contribution in [0, 0.1) is 11.8 Å². The van der Waals surface area contributed by atoms with Crippen molar-refractivity contribution < 1.29 is 17.7 Å². The first-order valence-corrected chi connectivity index (χ1v) is 18.8. The molecule has 9 rings (SSSR count). The Morgan fingerprint density at radius 1 is 0.812 bits per heavy atom. The van der Waals surface area contributed by atoms with Crippen LogP contribution < -0.4 is 9.64 Å². The van der Waals surface area contributed by atoms with Crippen LogP contribution in [-0.2, 0) is 22.9 Å². The van der Waals surface area contributed by atoms with Crippen molar-refractivity contribution in [3.63, 3.8) is 0 Å². The van der Waals surface area contributed by atoms with Crippen molar-refractivity contribution in [3.8, 4) is 5.75 Å². The number of allylic oxidation sites excluding steroid dienone is 3. The number of para-hydroxylation sites is 2. The third-order valence-corrected chi connectivity index (χ3v) is 13.0. The van der Waals surface area contributed by atoms with Crippen molar-refractivity contribution in [1.82, 2.24) is 4.31 Å². The summed E-state index contributed by atoms with van der Waals surface area (Å²) >= 11 is 0. The molecule has 5 aliphatic rings. The molecular weight excluding hydrogens is 615 g/mol. The predicted molar refractivity (Wildman–Crippen MR) is 190 cm³/mol. The lowest BCUT2D eigenvalue weighted by Crippen LogP contribution is -2.38. The quantitative estimate of drug-likeness (QED) is 0.211. The van der Waals surface area contributed by atoms with Gasteiger partial charge in [0.1, 0.15) is 11.5 Å². The van der Waals surface area contributed by atoms with Crippen LogP contribution in [0.4, 0.5) is 17.1 Å². The van der Waals surface area contributed by atoms with E-state index >= 15 is 0 Å². The highest BCUT2D eigenvalue weighted by Crippen LogP contribution is 2.51. The minimum absolute atomic E-state index is 0.143. The highest BCUT2D eigenvalue weighted by molar-refractivity contribution is 7.89. The van der Waals surface area contributed by atoms with Gasteiger partial charge in [-0.3, -0.25) is 0 Å². The molecule has 6 nitrogen and oxygen atoms in total. The van der Waals surface area contributed by atoms with Crippen molar-refractivity contribution in [1.29, 1.82) is 0 Å². The molecule has 4 heterocycles. The zero-order valence-electron chi connectivity index (χ0n) is 27.3. The molecule has 2 atom stereocenters. The molecule has 1 saturated heterocycles. The maximum absolute atomic E-state index is 14.4. The van der Waals surface area contributed by atoms with Crippen molar-refractivity contribution in [2.24, 2.45) is 11.8 Å². The molecule has 1 fully saturated rings. The van der Waals surface area contributed by atoms with Gasteiger partial charge in [0.25, 0.3) is 0 Å². The number of hydrogen-bond acceptors (Lipinski definition) is 4. The first kappa shape index (κ1) is 29.7. The molecule has 0 N–H and O–H groups in total. The van der Waals surface area contributed by atoms with Gasteiger partial charge in [-0.25, -0.2) is 8.42 Å². The Bertz CT molecular complexity index is 2140. The fourth-order valence-corrected chi connectivity index (χ4v) is 10.1. The lowest BCUT2D eigenvalue weighted by Gasteiger charge is -2.37. The lowest BCUT2D eigenvalue weighted by molar-refractivity contribution is -0.427. The smallest absolute Gasteiger partial charge is 0.243 e. The highest BCUT2D eigenvalue weighted by Gasteiger charge is 2.41. The van der Waals surface area contributed by atoms with E-state index in [9.17, 15) is 8.42 Å². The van der Waals surface area contributed by atoms with Gasteiger partial charge in [-0.1, -0.05) is 73.7 Å². The van der Waals surface area contributed by atoms with Gasteiger partial charge in [0.15, 0.2) is 6.54 Å². The molecule has 0 saturated carbocycles. The zero-order chi connectivity index (χ0) is 32.4. The summed E-state index contributed by atoms with van der Waals surface area (Å²) in [4.78, 5) is 2.77. The van der Waals surface area contributed by atoms with Gasteiger partial charge in [-0.2, -0.15) is 8.88 Å². The van der Waals surface area contributed by atoms with Gasteiger partial charge in [-0.05, 0) is 54.5 Å². The number of hydrogen-bond donors (Lipinski definition) is 0. The molecule has 242 valence electrons. The standard InChI is InChI=1S/C41H40N3O3S/c1-28-18-22-42(23-19-28)48(45,46)40-13-7-4-10-35(40)41-33-16-14-31(43-24-20-29-8-2-5-11-36(29)43)26-38(33)47-39-27-32(15-17-34(39)41)44-25-21-30-9-3-6-12-37(30)44/h2-17,26-28,33,41H,18-25H2,1H3/q+1. The Hall–Kier alpha value is -4.46. The van der Waals surface area contributed by atoms with E-state index < -0.39 is 10.0 Å². The third kappa shape index (κ3) is 4.86. The summed E-state index contributed by atoms with van der Waals surface area (Å²) in [5.41, 5.74) is 9.21. The van der Waals surface area contributed by atoms with Crippen LogP contribution >= 0.6 is 0 Å². The normalized spacial score (nSPS) is 23.6. The van der Waals surface area contributed by atoms with Crippen molar-refractivity contribution in [2.75, 3.05) is 31.1 Å². The average molecular weight is 655 g/mol. The summed E-state index contributed by atoms with van der Waals surface area (Å²) in [5, 5.41) is 0. The minimum atomic E-state index is -3.69. The number of benzene rings is 4. The number of rotatable bonds is 4. The van der Waals surface area contributed by atoms with Crippen LogP contribution in [0.3, 0.4) is 0 Å². The Morgan fingerprint density at radius 3 is 2.46 bits per heavy atom. The summed E-state index contributed by atoms with van der Waals surface area (Å²) < 4.78 is 39.7. The molecule has 4 aromatic rings. The second-order valence-corrected chi connectivity index (χ2v) is 15.7. The van der Waals surface area contributed by atoms with Crippen molar-refractivity contribution >= 4 is 32.8 Å². The van der Waals surface area contributed by atoms with Gasteiger partial charge >= 0.3 is 0 Å². The highest BCUT2D eigenvalue weighted by atomic mass is 32.2. The van der Waals surface area contributed by atoms with E-state index in [-0.39, 0.29) is 11.8 Å². The molecule has 0 amide bonds. The molecular formula is C41H40N3O3S+. The fraction of sp³-hybridized carbons (Fsp3) is 0.293. The number of anilines is 2. The van der Waals surface area contributed by atoms with Gasteiger partial charge in [-0.15, -0.1) is 0 Å². The van der Waals surface area contributed by atoms with E-state index in [4.69, 9.17) is 4.74 Å². The van der Waals surface area contributed by atoms with Crippen LogP contribution in [0.15, 0.2) is 120 Å². The minimum Gasteiger partial charge on any atom is -0.460 e. The van der Waals surface area contributed by atoms with Crippen LogP contribution in [0.5, 0.6) is 5.75 Å². The van der Waals surface area contributed by atoms with Gasteiger partial charge in [0.2, 0.25) is 21.4 Å². The second-order valence-electron chi connectivity index (χ2n) is 13.8. The molecule has 7 heteroatoms. The molecule has 4 aliphatic heterocycles. The average Bonchev–Trinajstić information content (AvgIpc) is 3.75. The number of fused-ring (bicyclic) bond motifs is 4. The van der Waals surface area contributed by atoms with E-state index in [0.29, 0.717) is 23.9 Å². The van der Waals surface area contributed by atoms with Gasteiger partial charge < -0.3 is 9.64 Å². The first-order chi connectivity index (χ1) is 23.5. The van der Waals surface area contributed by atoms with E-state index in [1.807, 2.05) is 24.3 Å². The Labute approximate surface area is 283 Å². The Morgan fingerprint density at radius 2 is 1.58 bits per heavy atom. The van der Waals surface area contributed by atoms with E-state index in [1.54, 1.807) is 4.31 Å². The van der Waals surface area contributed by atoms with Crippen LogP contribution in [-0.4, -0.2) is 49.2 Å². The van der Waals surface area contributed by atoms with Crippen LogP contribution in [0.1, 0.15) is 47.9 Å². The first-order valence-electron chi connectivity index (χ1n) is 17.3. The maximum atomic E-state index is 14.4. The predicted octanol–water partition coefficient (Wildman–Crippen LogP) is 7.74. The summed E-state index contributed by atoms with van der Waals surface area (Å²) in [6, 6.07) is 31.4. The number of nitrogens with zero attached hydrogens (tertiary/aromatic N) is 3. The molecule has 0 radical (unpaired) electrons. The molecule has 0 bridgehead atoms. The van der Waals surface area contributed by atoms with Gasteiger partial charge in [0, 0.05) is 84.7 Å². The van der Waals surface area contributed by atoms with Crippen molar-refractivity contribution in [3.05, 3.63) is 137 Å². The molecule has 48 heavy (non-hydrogen) atoms. The number of piperidine rings is 1. The number of sulfonamides is 1. The monoisotopic (exact) mass is 654 g/mol. The Kier molecular flexibility index (Phi) is 7.17. The summed E-state index contributed by atoms with van der Waals surface area (Å²) in [6.45, 7) is 5.17. The summed E-state index contributed by atoms with van der Waals surface area (Å²) in [7, 11) is -3.69. The van der Waals surface area contributed by atoms with Gasteiger partial charge in [0.05, 0.1) is 4.90 Å². The van der Waals surface area contributed by atoms with E-state index in [2.05, 4.69) is 101 Å². The Balaban J connectivity index is 1.18. The summed E-state index contributed by atoms with van der Waals surface area (Å²) in [5.74, 6) is 1.82. The molecule has 1 aliphatic carbocycles. The second kappa shape index (κ2) is 11.6. The SMILES string of the molecule is CC1CCN(S(=O)(=O)c2ccccc2C2c3ccc(N4CCc5ccccc54)cc3OC3=CC(=[N+]4CCc5ccccc54)C=CC32)CC1. The number of ether oxygens (including phenoxy) is 1. The summed E-state index contributed by atoms with van der Waals surface area (Å²) in [6.07, 6.45) is 10.4. The largest absolute Gasteiger partial charge is 0.460 e. The maximum Gasteiger partial charge on any atom is 0.243 e. The van der Waals surface area contributed by atoms with Crippen molar-refractivity contribution in [2.45, 2.75) is 43.4 Å². The molecule has 2 unspecified atom stereocenters. The van der Waals surface area contributed by atoms with Crippen LogP contribution in [0.2, 0.25) is 0 Å². The topological polar surface area (TPSA) is 52.9 Å². The fourth-order valence-electron chi connectivity index (χ4n) is 8.40. The lowest BCUT2D eigenvalue weighted by atomic mass is 9.75. The van der Waals surface area contributed by atoms with Crippen LogP contribution in [0.25, 0.3) is 0 Å². The third-order valence-electron chi connectivity index (χ3n) is 11.0. The zero-order valence-corrected chi connectivity index (χ0v) is 28.1.